The highest BCUT2D eigenvalue weighted by atomic mass is 19.2. The number of halogens is 3. The first-order valence-electron chi connectivity index (χ1n) is 14.3. The predicted molar refractivity (Wildman–Crippen MR) is 153 cm³/mol. The van der Waals surface area contributed by atoms with Crippen molar-refractivity contribution in [1.82, 2.24) is 0 Å². The van der Waals surface area contributed by atoms with E-state index < -0.39 is 17.5 Å². The van der Waals surface area contributed by atoms with Crippen molar-refractivity contribution in [1.29, 1.82) is 0 Å². The zero-order valence-corrected chi connectivity index (χ0v) is 23.2. The van der Waals surface area contributed by atoms with Crippen LogP contribution < -0.4 is 9.47 Å². The third-order valence-corrected chi connectivity index (χ3v) is 7.86. The molecule has 3 aromatic rings. The van der Waals surface area contributed by atoms with Gasteiger partial charge in [-0.25, -0.2) is 13.2 Å². The minimum Gasteiger partial charge on any atom is -0.493 e. The highest BCUT2D eigenvalue weighted by Gasteiger charge is 2.29. The van der Waals surface area contributed by atoms with Gasteiger partial charge in [-0.05, 0) is 92.2 Å². The number of aliphatic hydroxyl groups excluding tert-OH is 1. The fourth-order valence-electron chi connectivity index (χ4n) is 5.49. The molecule has 3 nitrogen and oxygen atoms in total. The van der Waals surface area contributed by atoms with Crippen molar-refractivity contribution in [3.05, 3.63) is 95.8 Å². The molecule has 0 aromatic heterocycles. The zero-order valence-electron chi connectivity index (χ0n) is 23.2. The monoisotopic (exact) mass is 552 g/mol. The molecule has 6 heteroatoms. The minimum absolute atomic E-state index is 0.0251. The summed E-state index contributed by atoms with van der Waals surface area (Å²) in [4.78, 5) is 0. The average molecular weight is 553 g/mol. The topological polar surface area (TPSA) is 38.7 Å². The van der Waals surface area contributed by atoms with Crippen LogP contribution in [0.1, 0.15) is 75.3 Å². The lowest BCUT2D eigenvalue weighted by Crippen LogP contribution is -2.25. The SMILES string of the molecule is C=CCCCOc1ccc(COc2ccc(-c3ccc(C4CCC(C(O)CCC)CC4)c(F)c3F)cc2)c(F)c1. The van der Waals surface area contributed by atoms with E-state index in [1.165, 1.54) is 6.07 Å². The predicted octanol–water partition coefficient (Wildman–Crippen LogP) is 9.13. The van der Waals surface area contributed by atoms with Gasteiger partial charge in [-0.15, -0.1) is 6.58 Å². The molecule has 0 bridgehead atoms. The third-order valence-electron chi connectivity index (χ3n) is 7.86. The van der Waals surface area contributed by atoms with E-state index in [-0.39, 0.29) is 30.1 Å². The van der Waals surface area contributed by atoms with E-state index in [0.717, 1.165) is 51.4 Å². The van der Waals surface area contributed by atoms with Gasteiger partial charge in [0, 0.05) is 17.2 Å². The second-order valence-corrected chi connectivity index (χ2v) is 10.6. The van der Waals surface area contributed by atoms with E-state index in [0.29, 0.717) is 34.8 Å². The quantitative estimate of drug-likeness (QED) is 0.170. The number of hydrogen-bond donors (Lipinski definition) is 1. The highest BCUT2D eigenvalue weighted by molar-refractivity contribution is 5.65. The average Bonchev–Trinajstić information content (AvgIpc) is 2.97. The van der Waals surface area contributed by atoms with Crippen LogP contribution in [0.4, 0.5) is 13.2 Å². The number of rotatable bonds is 13. The first-order valence-corrected chi connectivity index (χ1v) is 14.3. The van der Waals surface area contributed by atoms with Gasteiger partial charge in [0.1, 0.15) is 23.9 Å². The Kier molecular flexibility index (Phi) is 10.7. The molecule has 0 saturated heterocycles. The highest BCUT2D eigenvalue weighted by Crippen LogP contribution is 2.40. The van der Waals surface area contributed by atoms with Gasteiger partial charge in [0.05, 0.1) is 12.7 Å². The van der Waals surface area contributed by atoms with Crippen LogP contribution in [0.5, 0.6) is 11.5 Å². The maximum Gasteiger partial charge on any atom is 0.166 e. The molecule has 3 aromatic carbocycles. The molecule has 0 radical (unpaired) electrons. The number of hydrogen-bond acceptors (Lipinski definition) is 3. The van der Waals surface area contributed by atoms with Crippen molar-refractivity contribution in [2.75, 3.05) is 6.61 Å². The van der Waals surface area contributed by atoms with Crippen molar-refractivity contribution in [3.63, 3.8) is 0 Å². The van der Waals surface area contributed by atoms with Gasteiger partial charge in [0.25, 0.3) is 0 Å². The molecule has 40 heavy (non-hydrogen) atoms. The van der Waals surface area contributed by atoms with Crippen LogP contribution in [-0.4, -0.2) is 17.8 Å². The summed E-state index contributed by atoms with van der Waals surface area (Å²) in [6.07, 6.45) is 8.04. The van der Waals surface area contributed by atoms with Crippen LogP contribution in [0.2, 0.25) is 0 Å². The van der Waals surface area contributed by atoms with Crippen LogP contribution in [0.3, 0.4) is 0 Å². The lowest BCUT2D eigenvalue weighted by molar-refractivity contribution is 0.0727. The Morgan fingerprint density at radius 1 is 0.925 bits per heavy atom. The second-order valence-electron chi connectivity index (χ2n) is 10.6. The number of benzene rings is 3. The van der Waals surface area contributed by atoms with Gasteiger partial charge < -0.3 is 14.6 Å². The van der Waals surface area contributed by atoms with Gasteiger partial charge >= 0.3 is 0 Å². The molecule has 1 fully saturated rings. The molecule has 0 spiro atoms. The fourth-order valence-corrected chi connectivity index (χ4v) is 5.49. The van der Waals surface area contributed by atoms with E-state index in [9.17, 15) is 9.50 Å². The molecule has 0 amide bonds. The number of aliphatic hydroxyl groups is 1. The van der Waals surface area contributed by atoms with E-state index in [1.54, 1.807) is 48.5 Å². The van der Waals surface area contributed by atoms with Gasteiger partial charge in [-0.3, -0.25) is 0 Å². The summed E-state index contributed by atoms with van der Waals surface area (Å²) >= 11 is 0. The Bertz CT molecular complexity index is 1250. The molecule has 1 atom stereocenters. The van der Waals surface area contributed by atoms with Crippen molar-refractivity contribution in [2.24, 2.45) is 5.92 Å². The van der Waals surface area contributed by atoms with E-state index in [2.05, 4.69) is 13.5 Å². The summed E-state index contributed by atoms with van der Waals surface area (Å²) in [5.41, 5.74) is 1.53. The van der Waals surface area contributed by atoms with Gasteiger partial charge in [-0.2, -0.15) is 0 Å². The Balaban J connectivity index is 1.35. The Labute approximate surface area is 235 Å². The first-order chi connectivity index (χ1) is 19.4. The van der Waals surface area contributed by atoms with Crippen LogP contribution in [-0.2, 0) is 6.61 Å². The van der Waals surface area contributed by atoms with E-state index in [4.69, 9.17) is 9.47 Å². The molecule has 1 aliphatic carbocycles. The zero-order chi connectivity index (χ0) is 28.5. The van der Waals surface area contributed by atoms with Crippen molar-refractivity contribution in [2.45, 2.75) is 76.9 Å². The molecular formula is C34H39F3O3. The molecule has 1 saturated carbocycles. The van der Waals surface area contributed by atoms with Crippen molar-refractivity contribution in [3.8, 4) is 22.6 Å². The smallest absolute Gasteiger partial charge is 0.166 e. The summed E-state index contributed by atoms with van der Waals surface area (Å²) in [6, 6.07) is 14.7. The number of unbranched alkanes of at least 4 members (excludes halogenated alkanes) is 1. The fraction of sp³-hybridized carbons (Fsp3) is 0.412. The second kappa shape index (κ2) is 14.4. The van der Waals surface area contributed by atoms with Crippen LogP contribution in [0.25, 0.3) is 11.1 Å². The molecule has 0 aliphatic heterocycles. The third kappa shape index (κ3) is 7.48. The van der Waals surface area contributed by atoms with Gasteiger partial charge in [0.15, 0.2) is 11.6 Å². The summed E-state index contributed by atoms with van der Waals surface area (Å²) in [5, 5.41) is 10.3. The largest absolute Gasteiger partial charge is 0.493 e. The number of ether oxygens (including phenoxy) is 2. The normalized spacial score (nSPS) is 17.8. The Morgan fingerprint density at radius 2 is 1.65 bits per heavy atom. The molecular weight excluding hydrogens is 513 g/mol. The molecule has 1 unspecified atom stereocenters. The van der Waals surface area contributed by atoms with Gasteiger partial charge in [0.2, 0.25) is 0 Å². The summed E-state index contributed by atoms with van der Waals surface area (Å²) in [7, 11) is 0. The summed E-state index contributed by atoms with van der Waals surface area (Å²) in [5.74, 6) is -0.900. The molecule has 1 aliphatic rings. The first kappa shape index (κ1) is 29.7. The van der Waals surface area contributed by atoms with E-state index in [1.807, 2.05) is 6.08 Å². The van der Waals surface area contributed by atoms with Crippen molar-refractivity contribution >= 4 is 0 Å². The standard InChI is InChI=1S/C34H39F3O3/c1-3-5-6-20-39-28-17-14-26(31(35)21-28)22-40-27-15-12-24(13-16-27)30-19-18-29(33(36)34(30)37)23-8-10-25(11-9-23)32(38)7-4-2/h3,12-19,21,23,25,32,38H,1,4-11,20,22H2,2H3. The van der Waals surface area contributed by atoms with Gasteiger partial charge in [-0.1, -0.05) is 43.7 Å². The summed E-state index contributed by atoms with van der Waals surface area (Å²) < 4.78 is 56.1. The van der Waals surface area contributed by atoms with Crippen LogP contribution in [0, 0.1) is 23.4 Å². The molecule has 214 valence electrons. The maximum atomic E-state index is 15.2. The van der Waals surface area contributed by atoms with E-state index >= 15 is 8.78 Å². The molecule has 0 heterocycles. The molecule has 1 N–H and O–H groups in total. The van der Waals surface area contributed by atoms with Crippen LogP contribution >= 0.6 is 0 Å². The van der Waals surface area contributed by atoms with Crippen molar-refractivity contribution < 1.29 is 27.8 Å². The Morgan fingerprint density at radius 3 is 2.33 bits per heavy atom. The summed E-state index contributed by atoms with van der Waals surface area (Å²) in [6.45, 7) is 6.24. The lowest BCUT2D eigenvalue weighted by Gasteiger charge is -2.32. The lowest BCUT2D eigenvalue weighted by atomic mass is 9.75. The molecule has 4 rings (SSSR count). The maximum absolute atomic E-state index is 15.2. The number of allylic oxidation sites excluding steroid dienone is 1. The Hall–Kier alpha value is -3.25. The van der Waals surface area contributed by atoms with Crippen LogP contribution in [0.15, 0.2) is 67.3 Å². The minimum atomic E-state index is -0.854.